The number of oxazole rings is 1. The number of carbonyl (C=O) groups is 1. The highest BCUT2D eigenvalue weighted by Crippen LogP contribution is 2.26. The van der Waals surface area contributed by atoms with Gasteiger partial charge >= 0.3 is 5.69 Å². The Morgan fingerprint density at radius 1 is 1.07 bits per heavy atom. The molecule has 0 aliphatic carbocycles. The lowest BCUT2D eigenvalue weighted by Gasteiger charge is -2.07. The fraction of sp³-hybridized carbons (Fsp3) is 0.0909. The molecule has 30 heavy (non-hydrogen) atoms. The van der Waals surface area contributed by atoms with Crippen LogP contribution in [0.1, 0.15) is 11.5 Å². The molecule has 0 unspecified atom stereocenters. The number of ether oxygens (including phenoxy) is 1. The first-order valence-corrected chi connectivity index (χ1v) is 9.18. The van der Waals surface area contributed by atoms with E-state index in [9.17, 15) is 14.9 Å². The van der Waals surface area contributed by atoms with E-state index in [0.717, 1.165) is 5.56 Å². The number of nitrogens with zero attached hydrogens (tertiary/aromatic N) is 2. The summed E-state index contributed by atoms with van der Waals surface area (Å²) in [5, 5.41) is 13.7. The first kappa shape index (κ1) is 19.1. The predicted octanol–water partition coefficient (Wildman–Crippen LogP) is 4.34. The number of aromatic nitrogens is 1. The van der Waals surface area contributed by atoms with Gasteiger partial charge in [0.05, 0.1) is 4.92 Å². The maximum absolute atomic E-state index is 12.2. The third-order valence-electron chi connectivity index (χ3n) is 4.33. The maximum Gasteiger partial charge on any atom is 0.310 e. The van der Waals surface area contributed by atoms with Crippen molar-refractivity contribution < 1.29 is 18.9 Å². The maximum atomic E-state index is 12.2. The second-order valence-electron chi connectivity index (χ2n) is 6.51. The quantitative estimate of drug-likeness (QED) is 0.363. The molecule has 4 rings (SSSR count). The summed E-state index contributed by atoms with van der Waals surface area (Å²) in [6.45, 7) is -0.360. The number of amides is 1. The number of hydrogen-bond donors (Lipinski definition) is 1. The van der Waals surface area contributed by atoms with Crippen LogP contribution in [0.15, 0.2) is 77.2 Å². The molecule has 0 radical (unpaired) electrons. The average molecular weight is 403 g/mol. The highest BCUT2D eigenvalue weighted by Gasteiger charge is 2.15. The lowest BCUT2D eigenvalue weighted by atomic mass is 10.1. The number of rotatable bonds is 7. The Labute approximate surface area is 171 Å². The summed E-state index contributed by atoms with van der Waals surface area (Å²) in [6, 6.07) is 20.9. The zero-order valence-corrected chi connectivity index (χ0v) is 15.8. The van der Waals surface area contributed by atoms with E-state index in [-0.39, 0.29) is 18.0 Å². The zero-order chi connectivity index (χ0) is 20.9. The second-order valence-corrected chi connectivity index (χ2v) is 6.51. The van der Waals surface area contributed by atoms with Gasteiger partial charge in [-0.2, -0.15) is 0 Å². The minimum atomic E-state index is -0.557. The summed E-state index contributed by atoms with van der Waals surface area (Å²) in [6.07, 6.45) is 0.570. The molecular formula is C22H17N3O5. The monoisotopic (exact) mass is 403 g/mol. The van der Waals surface area contributed by atoms with Crippen LogP contribution in [0.2, 0.25) is 0 Å². The third kappa shape index (κ3) is 4.44. The van der Waals surface area contributed by atoms with Gasteiger partial charge in [0, 0.05) is 18.2 Å². The van der Waals surface area contributed by atoms with Crippen molar-refractivity contribution in [2.45, 2.75) is 6.42 Å². The third-order valence-corrected chi connectivity index (χ3v) is 4.33. The highest BCUT2D eigenvalue weighted by molar-refractivity contribution is 5.93. The first-order valence-electron chi connectivity index (χ1n) is 9.18. The van der Waals surface area contributed by atoms with Crippen molar-refractivity contribution in [1.29, 1.82) is 0 Å². The molecule has 1 heterocycles. The van der Waals surface area contributed by atoms with Gasteiger partial charge in [-0.3, -0.25) is 14.9 Å². The van der Waals surface area contributed by atoms with Crippen molar-refractivity contribution in [3.63, 3.8) is 0 Å². The molecule has 0 saturated carbocycles. The van der Waals surface area contributed by atoms with Crippen LogP contribution >= 0.6 is 0 Å². The zero-order valence-electron chi connectivity index (χ0n) is 15.8. The molecule has 8 nitrogen and oxygen atoms in total. The lowest BCUT2D eigenvalue weighted by Crippen LogP contribution is -2.20. The molecule has 0 bridgehead atoms. The molecular weight excluding hydrogens is 386 g/mol. The normalized spacial score (nSPS) is 10.7. The van der Waals surface area contributed by atoms with Crippen molar-refractivity contribution in [1.82, 2.24) is 4.98 Å². The highest BCUT2D eigenvalue weighted by atomic mass is 16.6. The number of nitro groups is 1. The summed E-state index contributed by atoms with van der Waals surface area (Å²) >= 11 is 0. The molecule has 0 atom stereocenters. The van der Waals surface area contributed by atoms with Crippen molar-refractivity contribution in [2.24, 2.45) is 0 Å². The van der Waals surface area contributed by atoms with Crippen LogP contribution in [-0.2, 0) is 11.2 Å². The van der Waals surface area contributed by atoms with Gasteiger partial charge < -0.3 is 14.5 Å². The number of hydrogen-bond acceptors (Lipinski definition) is 6. The summed E-state index contributed by atoms with van der Waals surface area (Å²) in [5.41, 5.74) is 2.66. The standard InChI is InChI=1S/C22H17N3O5/c26-21(14-29-20-9-5-4-8-18(20)25(27)28)23-16-10-11-19-17(13-16)24-22(30-19)12-15-6-2-1-3-7-15/h1-11,13H,12,14H2,(H,23,26). The molecule has 0 saturated heterocycles. The van der Waals surface area contributed by atoms with Gasteiger partial charge in [0.25, 0.3) is 5.91 Å². The van der Waals surface area contributed by atoms with Crippen LogP contribution in [0.5, 0.6) is 5.75 Å². The second kappa shape index (κ2) is 8.44. The van der Waals surface area contributed by atoms with Crippen molar-refractivity contribution >= 4 is 28.4 Å². The van der Waals surface area contributed by atoms with E-state index >= 15 is 0 Å². The number of fused-ring (bicyclic) bond motifs is 1. The van der Waals surface area contributed by atoms with E-state index in [1.165, 1.54) is 18.2 Å². The Morgan fingerprint density at radius 3 is 2.63 bits per heavy atom. The van der Waals surface area contributed by atoms with Gasteiger partial charge in [-0.15, -0.1) is 0 Å². The Hall–Kier alpha value is -4.20. The summed E-state index contributed by atoms with van der Waals surface area (Å²) < 4.78 is 11.1. The minimum Gasteiger partial charge on any atom is -0.477 e. The van der Waals surface area contributed by atoms with E-state index in [2.05, 4.69) is 10.3 Å². The number of nitro benzene ring substituents is 1. The molecule has 1 amide bonds. The molecule has 1 aromatic heterocycles. The van der Waals surface area contributed by atoms with Crippen LogP contribution in [-0.4, -0.2) is 22.4 Å². The largest absolute Gasteiger partial charge is 0.477 e. The number of carbonyl (C=O) groups excluding carboxylic acids is 1. The molecule has 1 N–H and O–H groups in total. The van der Waals surface area contributed by atoms with E-state index in [4.69, 9.17) is 9.15 Å². The Balaban J connectivity index is 1.41. The average Bonchev–Trinajstić information content (AvgIpc) is 3.14. The van der Waals surface area contributed by atoms with Crippen molar-refractivity contribution in [3.05, 3.63) is 94.4 Å². The van der Waals surface area contributed by atoms with Gasteiger partial charge in [0.15, 0.2) is 23.8 Å². The van der Waals surface area contributed by atoms with Crippen LogP contribution in [0, 0.1) is 10.1 Å². The first-order chi connectivity index (χ1) is 14.6. The molecule has 150 valence electrons. The van der Waals surface area contributed by atoms with Crippen LogP contribution in [0.25, 0.3) is 11.1 Å². The van der Waals surface area contributed by atoms with Gasteiger partial charge in [-0.05, 0) is 29.8 Å². The van der Waals surface area contributed by atoms with E-state index < -0.39 is 10.8 Å². The minimum absolute atomic E-state index is 0.0372. The predicted molar refractivity (Wildman–Crippen MR) is 110 cm³/mol. The van der Waals surface area contributed by atoms with Crippen LogP contribution in [0.4, 0.5) is 11.4 Å². The Bertz CT molecular complexity index is 1200. The van der Waals surface area contributed by atoms with Gasteiger partial charge in [0.1, 0.15) is 5.52 Å². The molecule has 0 spiro atoms. The molecule has 0 fully saturated rings. The molecule has 8 heteroatoms. The summed E-state index contributed by atoms with van der Waals surface area (Å²) in [4.78, 5) is 27.1. The Morgan fingerprint density at radius 2 is 1.83 bits per heavy atom. The SMILES string of the molecule is O=C(COc1ccccc1[N+](=O)[O-])Nc1ccc2oc(Cc3ccccc3)nc2c1. The molecule has 4 aromatic rings. The fourth-order valence-corrected chi connectivity index (χ4v) is 2.97. The molecule has 0 aliphatic heterocycles. The van der Waals surface area contributed by atoms with Crippen LogP contribution in [0.3, 0.4) is 0 Å². The molecule has 3 aromatic carbocycles. The van der Waals surface area contributed by atoms with Crippen molar-refractivity contribution in [2.75, 3.05) is 11.9 Å². The van der Waals surface area contributed by atoms with Crippen molar-refractivity contribution in [3.8, 4) is 5.75 Å². The Kier molecular flexibility index (Phi) is 5.38. The van der Waals surface area contributed by atoms with E-state index in [1.807, 2.05) is 30.3 Å². The topological polar surface area (TPSA) is 108 Å². The lowest BCUT2D eigenvalue weighted by molar-refractivity contribution is -0.385. The number of benzene rings is 3. The number of anilines is 1. The van der Waals surface area contributed by atoms with E-state index in [0.29, 0.717) is 29.1 Å². The number of nitrogens with one attached hydrogen (secondary N) is 1. The van der Waals surface area contributed by atoms with Gasteiger partial charge in [0.2, 0.25) is 0 Å². The van der Waals surface area contributed by atoms with Gasteiger partial charge in [-0.25, -0.2) is 4.98 Å². The van der Waals surface area contributed by atoms with E-state index in [1.54, 1.807) is 24.3 Å². The smallest absolute Gasteiger partial charge is 0.310 e. The fourth-order valence-electron chi connectivity index (χ4n) is 2.97. The summed E-state index contributed by atoms with van der Waals surface area (Å²) in [7, 11) is 0. The molecule has 0 aliphatic rings. The number of para-hydroxylation sites is 2. The summed E-state index contributed by atoms with van der Waals surface area (Å²) in [5.74, 6) is 0.176. The van der Waals surface area contributed by atoms with Crippen LogP contribution < -0.4 is 10.1 Å². The van der Waals surface area contributed by atoms with Gasteiger partial charge in [-0.1, -0.05) is 42.5 Å².